The van der Waals surface area contributed by atoms with Gasteiger partial charge < -0.3 is 15.4 Å². The first-order valence-electron chi connectivity index (χ1n) is 8.20. The SMILES string of the molecule is COCCCNC(=O)C(C)n1cc(-c2cc3c(s2)CCNC3)nn1. The van der Waals surface area contributed by atoms with Crippen LogP contribution in [0.3, 0.4) is 0 Å². The average Bonchev–Trinajstić information content (AvgIpc) is 3.24. The van der Waals surface area contributed by atoms with Crippen LogP contribution in [0, 0.1) is 0 Å². The maximum absolute atomic E-state index is 12.2. The molecular formula is C16H23N5O2S. The van der Waals surface area contributed by atoms with Crippen LogP contribution < -0.4 is 10.6 Å². The summed E-state index contributed by atoms with van der Waals surface area (Å²) in [6.45, 7) is 5.01. The Balaban J connectivity index is 1.64. The van der Waals surface area contributed by atoms with Gasteiger partial charge in [-0.25, -0.2) is 4.68 Å². The normalized spacial score (nSPS) is 15.1. The summed E-state index contributed by atoms with van der Waals surface area (Å²) in [6, 6.07) is 1.79. The zero-order valence-corrected chi connectivity index (χ0v) is 14.9. The number of nitrogens with one attached hydrogen (secondary N) is 2. The van der Waals surface area contributed by atoms with Crippen LogP contribution in [0.15, 0.2) is 12.3 Å². The van der Waals surface area contributed by atoms with Gasteiger partial charge in [-0.3, -0.25) is 4.79 Å². The minimum Gasteiger partial charge on any atom is -0.385 e. The zero-order chi connectivity index (χ0) is 16.9. The summed E-state index contributed by atoms with van der Waals surface area (Å²) < 4.78 is 6.60. The van der Waals surface area contributed by atoms with E-state index in [0.717, 1.165) is 36.5 Å². The van der Waals surface area contributed by atoms with Crippen LogP contribution in [0.4, 0.5) is 0 Å². The molecule has 0 fully saturated rings. The summed E-state index contributed by atoms with van der Waals surface area (Å²) >= 11 is 1.77. The molecule has 2 aromatic heterocycles. The molecule has 0 spiro atoms. The van der Waals surface area contributed by atoms with Crippen molar-refractivity contribution in [2.75, 3.05) is 26.8 Å². The van der Waals surface area contributed by atoms with Crippen LogP contribution in [-0.4, -0.2) is 47.7 Å². The maximum atomic E-state index is 12.2. The van der Waals surface area contributed by atoms with Gasteiger partial charge in [-0.2, -0.15) is 0 Å². The largest absolute Gasteiger partial charge is 0.385 e. The molecule has 0 aromatic carbocycles. The van der Waals surface area contributed by atoms with Gasteiger partial charge in [0.15, 0.2) is 0 Å². The topological polar surface area (TPSA) is 81.1 Å². The average molecular weight is 349 g/mol. The third-order valence-electron chi connectivity index (χ3n) is 4.10. The third-order valence-corrected chi connectivity index (χ3v) is 5.36. The van der Waals surface area contributed by atoms with Gasteiger partial charge in [0, 0.05) is 38.2 Å². The lowest BCUT2D eigenvalue weighted by atomic mass is 10.1. The van der Waals surface area contributed by atoms with E-state index in [-0.39, 0.29) is 11.9 Å². The summed E-state index contributed by atoms with van der Waals surface area (Å²) in [4.78, 5) is 14.7. The number of thiophene rings is 1. The fraction of sp³-hybridized carbons (Fsp3) is 0.562. The molecule has 1 amide bonds. The summed E-state index contributed by atoms with van der Waals surface area (Å²) in [5, 5.41) is 14.6. The van der Waals surface area contributed by atoms with E-state index in [4.69, 9.17) is 4.74 Å². The molecule has 0 saturated carbocycles. The fourth-order valence-corrected chi connectivity index (χ4v) is 3.78. The molecule has 0 saturated heterocycles. The molecule has 1 aliphatic heterocycles. The molecule has 130 valence electrons. The molecule has 0 radical (unpaired) electrons. The highest BCUT2D eigenvalue weighted by Gasteiger charge is 2.19. The molecule has 1 aliphatic rings. The second kappa shape index (κ2) is 7.87. The van der Waals surface area contributed by atoms with Crippen LogP contribution in [0.5, 0.6) is 0 Å². The summed E-state index contributed by atoms with van der Waals surface area (Å²) in [5.41, 5.74) is 2.17. The van der Waals surface area contributed by atoms with Gasteiger partial charge in [-0.05, 0) is 31.4 Å². The van der Waals surface area contributed by atoms with Gasteiger partial charge in [0.1, 0.15) is 11.7 Å². The number of amides is 1. The fourth-order valence-electron chi connectivity index (χ4n) is 2.65. The first-order chi connectivity index (χ1) is 11.7. The molecule has 3 rings (SSSR count). The smallest absolute Gasteiger partial charge is 0.244 e. The number of nitrogens with zero attached hydrogens (tertiary/aromatic N) is 3. The lowest BCUT2D eigenvalue weighted by molar-refractivity contribution is -0.124. The molecule has 1 atom stereocenters. The van der Waals surface area contributed by atoms with E-state index in [1.807, 2.05) is 13.1 Å². The summed E-state index contributed by atoms with van der Waals surface area (Å²) in [6.07, 6.45) is 3.71. The molecule has 1 unspecified atom stereocenters. The van der Waals surface area contributed by atoms with Crippen molar-refractivity contribution in [2.24, 2.45) is 0 Å². The van der Waals surface area contributed by atoms with E-state index in [1.54, 1.807) is 23.1 Å². The minimum absolute atomic E-state index is 0.0581. The van der Waals surface area contributed by atoms with Crippen molar-refractivity contribution >= 4 is 17.2 Å². The number of carbonyl (C=O) groups is 1. The van der Waals surface area contributed by atoms with Crippen molar-refractivity contribution in [1.82, 2.24) is 25.6 Å². The van der Waals surface area contributed by atoms with Crippen LogP contribution in [-0.2, 0) is 22.5 Å². The van der Waals surface area contributed by atoms with Crippen LogP contribution in [0.2, 0.25) is 0 Å². The first kappa shape index (κ1) is 17.1. The second-order valence-corrected chi connectivity index (χ2v) is 7.02. The van der Waals surface area contributed by atoms with Crippen molar-refractivity contribution in [3.63, 3.8) is 0 Å². The summed E-state index contributed by atoms with van der Waals surface area (Å²) in [5.74, 6) is -0.0581. The Morgan fingerprint density at radius 3 is 3.25 bits per heavy atom. The Kier molecular flexibility index (Phi) is 5.60. The van der Waals surface area contributed by atoms with Crippen LogP contribution in [0.1, 0.15) is 29.8 Å². The highest BCUT2D eigenvalue weighted by atomic mass is 32.1. The number of ether oxygens (including phenoxy) is 1. The van der Waals surface area contributed by atoms with Crippen LogP contribution in [0.25, 0.3) is 10.6 Å². The molecule has 7 nitrogen and oxygen atoms in total. The Morgan fingerprint density at radius 2 is 2.46 bits per heavy atom. The monoisotopic (exact) mass is 349 g/mol. The van der Waals surface area contributed by atoms with Crippen molar-refractivity contribution in [1.29, 1.82) is 0 Å². The summed E-state index contributed by atoms with van der Waals surface area (Å²) in [7, 11) is 1.65. The molecule has 0 aliphatic carbocycles. The first-order valence-corrected chi connectivity index (χ1v) is 9.02. The minimum atomic E-state index is -0.384. The van der Waals surface area contributed by atoms with Gasteiger partial charge in [0.05, 0.1) is 11.1 Å². The molecule has 8 heteroatoms. The number of rotatable bonds is 7. The Labute approximate surface area is 145 Å². The number of hydrogen-bond donors (Lipinski definition) is 2. The van der Waals surface area contributed by atoms with Crippen molar-refractivity contribution in [2.45, 2.75) is 32.4 Å². The quantitative estimate of drug-likeness (QED) is 0.738. The molecule has 3 heterocycles. The van der Waals surface area contributed by atoms with E-state index in [9.17, 15) is 4.79 Å². The lowest BCUT2D eigenvalue weighted by Gasteiger charge is -2.11. The van der Waals surface area contributed by atoms with Gasteiger partial charge in [0.2, 0.25) is 5.91 Å². The van der Waals surface area contributed by atoms with Crippen molar-refractivity contribution in [3.8, 4) is 10.6 Å². The van der Waals surface area contributed by atoms with Gasteiger partial charge in [0.25, 0.3) is 0 Å². The van der Waals surface area contributed by atoms with Crippen molar-refractivity contribution < 1.29 is 9.53 Å². The molecular weight excluding hydrogens is 326 g/mol. The lowest BCUT2D eigenvalue weighted by Crippen LogP contribution is -2.32. The van der Waals surface area contributed by atoms with E-state index >= 15 is 0 Å². The second-order valence-electron chi connectivity index (χ2n) is 5.88. The highest BCUT2D eigenvalue weighted by molar-refractivity contribution is 7.15. The van der Waals surface area contributed by atoms with E-state index in [0.29, 0.717) is 13.2 Å². The third kappa shape index (κ3) is 3.82. The molecule has 2 aromatic rings. The van der Waals surface area contributed by atoms with Gasteiger partial charge in [-0.1, -0.05) is 5.21 Å². The molecule has 0 bridgehead atoms. The number of hydrogen-bond acceptors (Lipinski definition) is 6. The molecule has 24 heavy (non-hydrogen) atoms. The zero-order valence-electron chi connectivity index (χ0n) is 14.0. The van der Waals surface area contributed by atoms with E-state index in [1.165, 1.54) is 10.4 Å². The number of methoxy groups -OCH3 is 1. The highest BCUT2D eigenvalue weighted by Crippen LogP contribution is 2.32. The van der Waals surface area contributed by atoms with E-state index in [2.05, 4.69) is 27.0 Å². The van der Waals surface area contributed by atoms with E-state index < -0.39 is 0 Å². The Hall–Kier alpha value is -1.77. The van der Waals surface area contributed by atoms with Gasteiger partial charge >= 0.3 is 0 Å². The number of aromatic nitrogens is 3. The predicted octanol–water partition coefficient (Wildman–Crippen LogP) is 1.37. The Bertz CT molecular complexity index is 673. The number of carbonyl (C=O) groups excluding carboxylic acids is 1. The number of fused-ring (bicyclic) bond motifs is 1. The molecule has 2 N–H and O–H groups in total. The van der Waals surface area contributed by atoms with Gasteiger partial charge in [-0.15, -0.1) is 16.4 Å². The van der Waals surface area contributed by atoms with Crippen molar-refractivity contribution in [3.05, 3.63) is 22.7 Å². The van der Waals surface area contributed by atoms with Crippen LogP contribution >= 0.6 is 11.3 Å². The maximum Gasteiger partial charge on any atom is 0.244 e. The standard InChI is InChI=1S/C16H23N5O2S/c1-11(16(22)18-5-3-7-23-2)21-10-13(19-20-21)15-8-12-9-17-6-4-14(12)24-15/h8,10-11,17H,3-7,9H2,1-2H3,(H,18,22). The predicted molar refractivity (Wildman–Crippen MR) is 93.0 cm³/mol. The Morgan fingerprint density at radius 1 is 1.58 bits per heavy atom.